The normalized spacial score (nSPS) is 10.6. The molecule has 0 aliphatic rings. The Morgan fingerprint density at radius 1 is 1.18 bits per heavy atom. The van der Waals surface area contributed by atoms with Gasteiger partial charge in [0.2, 0.25) is 0 Å². The highest BCUT2D eigenvalue weighted by molar-refractivity contribution is 5.94. The summed E-state index contributed by atoms with van der Waals surface area (Å²) in [5, 5.41) is 10.8. The summed E-state index contributed by atoms with van der Waals surface area (Å²) in [4.78, 5) is 20.2. The van der Waals surface area contributed by atoms with Gasteiger partial charge in [0.1, 0.15) is 6.61 Å². The second-order valence-corrected chi connectivity index (χ2v) is 3.63. The molecule has 0 saturated carbocycles. The van der Waals surface area contributed by atoms with Gasteiger partial charge in [0.15, 0.2) is 0 Å². The fourth-order valence-corrected chi connectivity index (χ4v) is 1.64. The van der Waals surface area contributed by atoms with Crippen LogP contribution < -0.4 is 0 Å². The molecule has 0 amide bonds. The van der Waals surface area contributed by atoms with Gasteiger partial charge in [-0.3, -0.25) is 0 Å². The van der Waals surface area contributed by atoms with Gasteiger partial charge >= 0.3 is 5.97 Å². The molecule has 0 saturated heterocycles. The first-order valence-electron chi connectivity index (χ1n) is 5.12. The van der Waals surface area contributed by atoms with E-state index in [-0.39, 0.29) is 0 Å². The van der Waals surface area contributed by atoms with Crippen molar-refractivity contribution in [2.24, 2.45) is 0 Å². The third kappa shape index (κ3) is 2.61. The van der Waals surface area contributed by atoms with Gasteiger partial charge in [-0.1, -0.05) is 18.2 Å². The van der Waals surface area contributed by atoms with Crippen LogP contribution in [0.4, 0.5) is 0 Å². The summed E-state index contributed by atoms with van der Waals surface area (Å²) in [6.07, 6.45) is 0. The molecule has 2 aromatic rings. The standard InChI is InChI=1S/C13H12O4/c1-16-17-8-9-2-3-11-7-12(13(14)15)5-4-10(11)6-9/h2-7H,8H2,1H3,(H,14,15). The molecule has 0 heterocycles. The summed E-state index contributed by atoms with van der Waals surface area (Å²) in [7, 11) is 1.46. The van der Waals surface area contributed by atoms with Crippen LogP contribution in [0.15, 0.2) is 36.4 Å². The molecule has 17 heavy (non-hydrogen) atoms. The van der Waals surface area contributed by atoms with Gasteiger partial charge in [0.05, 0.1) is 12.7 Å². The first kappa shape index (κ1) is 11.6. The van der Waals surface area contributed by atoms with E-state index in [9.17, 15) is 4.79 Å². The van der Waals surface area contributed by atoms with Crippen molar-refractivity contribution in [2.75, 3.05) is 7.11 Å². The second-order valence-electron chi connectivity index (χ2n) is 3.63. The number of hydrogen-bond acceptors (Lipinski definition) is 3. The first-order valence-corrected chi connectivity index (χ1v) is 5.12. The number of carboxylic acid groups (broad SMARTS) is 1. The molecule has 0 fully saturated rings. The van der Waals surface area contributed by atoms with Crippen molar-refractivity contribution >= 4 is 16.7 Å². The van der Waals surface area contributed by atoms with E-state index in [1.807, 2.05) is 18.2 Å². The molecule has 4 heteroatoms. The molecule has 0 aliphatic heterocycles. The SMILES string of the molecule is COOCc1ccc2cc(C(=O)O)ccc2c1. The van der Waals surface area contributed by atoms with Crippen molar-refractivity contribution in [3.63, 3.8) is 0 Å². The van der Waals surface area contributed by atoms with Gasteiger partial charge < -0.3 is 5.11 Å². The predicted octanol–water partition coefficient (Wildman–Crippen LogP) is 2.62. The number of carbonyl (C=O) groups is 1. The minimum atomic E-state index is -0.918. The Hall–Kier alpha value is -1.91. The molecule has 0 spiro atoms. The molecular weight excluding hydrogens is 220 g/mol. The monoisotopic (exact) mass is 232 g/mol. The maximum Gasteiger partial charge on any atom is 0.335 e. The maximum atomic E-state index is 10.8. The van der Waals surface area contributed by atoms with Crippen molar-refractivity contribution in [3.05, 3.63) is 47.5 Å². The van der Waals surface area contributed by atoms with Gasteiger partial charge in [0.25, 0.3) is 0 Å². The Morgan fingerprint density at radius 2 is 1.88 bits per heavy atom. The predicted molar refractivity (Wildman–Crippen MR) is 62.7 cm³/mol. The van der Waals surface area contributed by atoms with Crippen molar-refractivity contribution in [2.45, 2.75) is 6.61 Å². The van der Waals surface area contributed by atoms with Crippen molar-refractivity contribution in [1.82, 2.24) is 0 Å². The summed E-state index contributed by atoms with van der Waals surface area (Å²) in [5.74, 6) is -0.918. The van der Waals surface area contributed by atoms with E-state index >= 15 is 0 Å². The summed E-state index contributed by atoms with van der Waals surface area (Å²) in [6.45, 7) is 0.368. The summed E-state index contributed by atoms with van der Waals surface area (Å²) in [6, 6.07) is 10.7. The quantitative estimate of drug-likeness (QED) is 0.650. The first-order chi connectivity index (χ1) is 8.20. The maximum absolute atomic E-state index is 10.8. The van der Waals surface area contributed by atoms with Gasteiger partial charge in [-0.15, -0.1) is 0 Å². The topological polar surface area (TPSA) is 55.8 Å². The van der Waals surface area contributed by atoms with E-state index in [0.29, 0.717) is 12.2 Å². The van der Waals surface area contributed by atoms with Crippen LogP contribution in [0.3, 0.4) is 0 Å². The fourth-order valence-electron chi connectivity index (χ4n) is 1.64. The third-order valence-electron chi connectivity index (χ3n) is 2.50. The van der Waals surface area contributed by atoms with E-state index in [4.69, 9.17) is 9.99 Å². The minimum Gasteiger partial charge on any atom is -0.478 e. The lowest BCUT2D eigenvalue weighted by Crippen LogP contribution is -1.96. The summed E-state index contributed by atoms with van der Waals surface area (Å²) < 4.78 is 0. The second kappa shape index (κ2) is 4.95. The number of aromatic carboxylic acids is 1. The number of rotatable bonds is 4. The van der Waals surface area contributed by atoms with Crippen LogP contribution in [0.2, 0.25) is 0 Å². The highest BCUT2D eigenvalue weighted by Gasteiger charge is 2.04. The molecule has 2 aromatic carbocycles. The smallest absolute Gasteiger partial charge is 0.335 e. The Balaban J connectivity index is 2.36. The van der Waals surface area contributed by atoms with Crippen molar-refractivity contribution in [1.29, 1.82) is 0 Å². The van der Waals surface area contributed by atoms with Crippen LogP contribution >= 0.6 is 0 Å². The molecule has 0 bridgehead atoms. The molecular formula is C13H12O4. The lowest BCUT2D eigenvalue weighted by atomic mass is 10.0. The molecule has 0 radical (unpaired) electrons. The number of fused-ring (bicyclic) bond motifs is 1. The van der Waals surface area contributed by atoms with Crippen molar-refractivity contribution < 1.29 is 19.7 Å². The highest BCUT2D eigenvalue weighted by Crippen LogP contribution is 2.18. The van der Waals surface area contributed by atoms with Gasteiger partial charge in [-0.2, -0.15) is 0 Å². The van der Waals surface area contributed by atoms with Crippen LogP contribution in [0, 0.1) is 0 Å². The molecule has 0 aromatic heterocycles. The van der Waals surface area contributed by atoms with Gasteiger partial charge in [-0.05, 0) is 34.5 Å². The zero-order valence-electron chi connectivity index (χ0n) is 9.34. The zero-order valence-corrected chi connectivity index (χ0v) is 9.34. The Labute approximate surface area is 98.3 Å². The molecule has 2 rings (SSSR count). The van der Waals surface area contributed by atoms with Crippen LogP contribution in [-0.4, -0.2) is 18.2 Å². The zero-order chi connectivity index (χ0) is 12.3. The van der Waals surface area contributed by atoms with E-state index in [0.717, 1.165) is 16.3 Å². The molecule has 0 unspecified atom stereocenters. The van der Waals surface area contributed by atoms with Crippen LogP contribution in [0.1, 0.15) is 15.9 Å². The fraction of sp³-hybridized carbons (Fsp3) is 0.154. The number of benzene rings is 2. The summed E-state index contributed by atoms with van der Waals surface area (Å²) >= 11 is 0. The average molecular weight is 232 g/mol. The molecule has 4 nitrogen and oxygen atoms in total. The highest BCUT2D eigenvalue weighted by atomic mass is 17.2. The lowest BCUT2D eigenvalue weighted by Gasteiger charge is -2.04. The third-order valence-corrected chi connectivity index (χ3v) is 2.50. The molecule has 0 aliphatic carbocycles. The number of carboxylic acids is 1. The minimum absolute atomic E-state index is 0.290. The van der Waals surface area contributed by atoms with E-state index < -0.39 is 5.97 Å². The molecule has 1 N–H and O–H groups in total. The molecule has 0 atom stereocenters. The Kier molecular flexibility index (Phi) is 3.37. The average Bonchev–Trinajstić information content (AvgIpc) is 2.35. The summed E-state index contributed by atoms with van der Waals surface area (Å²) in [5.41, 5.74) is 1.26. The Bertz CT molecular complexity index is 548. The number of hydrogen-bond donors (Lipinski definition) is 1. The van der Waals surface area contributed by atoms with Crippen molar-refractivity contribution in [3.8, 4) is 0 Å². The lowest BCUT2D eigenvalue weighted by molar-refractivity contribution is -0.282. The van der Waals surface area contributed by atoms with Crippen LogP contribution in [0.25, 0.3) is 10.8 Å². The van der Waals surface area contributed by atoms with E-state index in [1.54, 1.807) is 18.2 Å². The molecule has 88 valence electrons. The van der Waals surface area contributed by atoms with Gasteiger partial charge in [-0.25, -0.2) is 14.6 Å². The van der Waals surface area contributed by atoms with Crippen LogP contribution in [-0.2, 0) is 16.4 Å². The van der Waals surface area contributed by atoms with E-state index in [1.165, 1.54) is 7.11 Å². The van der Waals surface area contributed by atoms with E-state index in [2.05, 4.69) is 4.89 Å². The van der Waals surface area contributed by atoms with Gasteiger partial charge in [0, 0.05) is 0 Å². The largest absolute Gasteiger partial charge is 0.478 e. The van der Waals surface area contributed by atoms with Crippen LogP contribution in [0.5, 0.6) is 0 Å². The Morgan fingerprint density at radius 3 is 2.59 bits per heavy atom.